The Balaban J connectivity index is 1.39. The first kappa shape index (κ1) is 19.3. The van der Waals surface area contributed by atoms with Crippen LogP contribution in [0.15, 0.2) is 24.3 Å². The van der Waals surface area contributed by atoms with Gasteiger partial charge in [0.1, 0.15) is 5.75 Å². The van der Waals surface area contributed by atoms with E-state index in [0.29, 0.717) is 6.10 Å². The molecule has 1 atom stereocenters. The van der Waals surface area contributed by atoms with Crippen molar-refractivity contribution in [1.29, 1.82) is 0 Å². The zero-order chi connectivity index (χ0) is 16.9. The Morgan fingerprint density at radius 2 is 1.38 bits per heavy atom. The number of benzene rings is 1. The Bertz CT molecular complexity index is 426. The predicted octanol–water partition coefficient (Wildman–Crippen LogP) is 7.47. The van der Waals surface area contributed by atoms with E-state index in [-0.39, 0.29) is 0 Å². The molecule has 1 heterocycles. The SMILES string of the molecule is CCCCCCCCCCCCCCC1CCc2ccccc2O1. The Labute approximate surface area is 150 Å². The van der Waals surface area contributed by atoms with Gasteiger partial charge in [0.05, 0.1) is 6.10 Å². The average Bonchev–Trinajstić information content (AvgIpc) is 2.62. The van der Waals surface area contributed by atoms with Crippen molar-refractivity contribution < 1.29 is 4.74 Å². The molecule has 0 aliphatic carbocycles. The predicted molar refractivity (Wildman–Crippen MR) is 105 cm³/mol. The minimum absolute atomic E-state index is 0.461. The third-order valence-corrected chi connectivity index (χ3v) is 5.38. The highest BCUT2D eigenvalue weighted by Gasteiger charge is 2.18. The highest BCUT2D eigenvalue weighted by atomic mass is 16.5. The van der Waals surface area contributed by atoms with Crippen LogP contribution in [0.4, 0.5) is 0 Å². The van der Waals surface area contributed by atoms with Gasteiger partial charge < -0.3 is 4.74 Å². The van der Waals surface area contributed by atoms with Gasteiger partial charge in [0, 0.05) is 0 Å². The van der Waals surface area contributed by atoms with Gasteiger partial charge >= 0.3 is 0 Å². The molecule has 0 bridgehead atoms. The van der Waals surface area contributed by atoms with Gasteiger partial charge in [0.15, 0.2) is 0 Å². The quantitative estimate of drug-likeness (QED) is 0.341. The van der Waals surface area contributed by atoms with Crippen molar-refractivity contribution in [2.75, 3.05) is 0 Å². The summed E-state index contributed by atoms with van der Waals surface area (Å²) in [7, 11) is 0. The molecule has 1 aliphatic rings. The molecule has 1 unspecified atom stereocenters. The van der Waals surface area contributed by atoms with E-state index < -0.39 is 0 Å². The fraction of sp³-hybridized carbons (Fsp3) is 0.739. The van der Waals surface area contributed by atoms with E-state index in [1.54, 1.807) is 0 Å². The van der Waals surface area contributed by atoms with E-state index in [1.165, 1.54) is 102 Å². The topological polar surface area (TPSA) is 9.23 Å². The van der Waals surface area contributed by atoms with Crippen LogP contribution in [0, 0.1) is 0 Å². The lowest BCUT2D eigenvalue weighted by Crippen LogP contribution is -2.22. The van der Waals surface area contributed by atoms with Crippen LogP contribution in [0.2, 0.25) is 0 Å². The maximum Gasteiger partial charge on any atom is 0.122 e. The summed E-state index contributed by atoms with van der Waals surface area (Å²) in [5.74, 6) is 1.13. The maximum absolute atomic E-state index is 6.13. The van der Waals surface area contributed by atoms with E-state index >= 15 is 0 Å². The summed E-state index contributed by atoms with van der Waals surface area (Å²) in [4.78, 5) is 0. The molecule has 0 saturated heterocycles. The molecule has 0 amide bonds. The number of unbranched alkanes of at least 4 members (excludes halogenated alkanes) is 11. The fourth-order valence-electron chi connectivity index (χ4n) is 3.80. The van der Waals surface area contributed by atoms with Gasteiger partial charge in [0.25, 0.3) is 0 Å². The van der Waals surface area contributed by atoms with E-state index in [0.717, 1.165) is 5.75 Å². The summed E-state index contributed by atoms with van der Waals surface area (Å²) in [5.41, 5.74) is 1.39. The standard InChI is InChI=1S/C23H38O/c1-2-3-4-5-6-7-8-9-10-11-12-13-17-22-20-19-21-16-14-15-18-23(21)24-22/h14-16,18,22H,2-13,17,19-20H2,1H3. The van der Waals surface area contributed by atoms with Crippen LogP contribution in [0.1, 0.15) is 102 Å². The van der Waals surface area contributed by atoms with Gasteiger partial charge in [-0.15, -0.1) is 0 Å². The van der Waals surface area contributed by atoms with Crippen LogP contribution < -0.4 is 4.74 Å². The van der Waals surface area contributed by atoms with E-state index in [1.807, 2.05) is 0 Å². The lowest BCUT2D eigenvalue weighted by Gasteiger charge is -2.26. The van der Waals surface area contributed by atoms with E-state index in [9.17, 15) is 0 Å². The molecule has 0 radical (unpaired) electrons. The first-order valence-electron chi connectivity index (χ1n) is 10.6. The highest BCUT2D eigenvalue weighted by molar-refractivity contribution is 5.35. The van der Waals surface area contributed by atoms with Crippen LogP contribution >= 0.6 is 0 Å². The number of ether oxygens (including phenoxy) is 1. The van der Waals surface area contributed by atoms with Crippen LogP contribution in [0.3, 0.4) is 0 Å². The normalized spacial score (nSPS) is 16.6. The van der Waals surface area contributed by atoms with Gasteiger partial charge in [-0.2, -0.15) is 0 Å². The van der Waals surface area contributed by atoms with Gasteiger partial charge in [-0.3, -0.25) is 0 Å². The first-order chi connectivity index (χ1) is 11.9. The number of para-hydroxylation sites is 1. The van der Waals surface area contributed by atoms with Gasteiger partial charge in [-0.05, 0) is 37.3 Å². The van der Waals surface area contributed by atoms with Crippen LogP contribution in [-0.2, 0) is 6.42 Å². The molecule has 0 N–H and O–H groups in total. The highest BCUT2D eigenvalue weighted by Crippen LogP contribution is 2.29. The lowest BCUT2D eigenvalue weighted by atomic mass is 9.98. The van der Waals surface area contributed by atoms with Gasteiger partial charge in [-0.1, -0.05) is 95.8 Å². The van der Waals surface area contributed by atoms with Crippen LogP contribution in [0.5, 0.6) is 5.75 Å². The second-order valence-electron chi connectivity index (χ2n) is 7.56. The second kappa shape index (κ2) is 12.4. The lowest BCUT2D eigenvalue weighted by molar-refractivity contribution is 0.160. The van der Waals surface area contributed by atoms with Crippen molar-refractivity contribution in [1.82, 2.24) is 0 Å². The largest absolute Gasteiger partial charge is 0.490 e. The molecule has 1 aromatic rings. The molecule has 1 nitrogen and oxygen atoms in total. The molecule has 24 heavy (non-hydrogen) atoms. The molecule has 136 valence electrons. The van der Waals surface area contributed by atoms with Crippen molar-refractivity contribution in [3.8, 4) is 5.75 Å². The van der Waals surface area contributed by atoms with Crippen molar-refractivity contribution in [2.45, 2.75) is 109 Å². The first-order valence-corrected chi connectivity index (χ1v) is 10.6. The fourth-order valence-corrected chi connectivity index (χ4v) is 3.80. The van der Waals surface area contributed by atoms with Crippen molar-refractivity contribution in [3.63, 3.8) is 0 Å². The number of aryl methyl sites for hydroxylation is 1. The summed E-state index contributed by atoms with van der Waals surface area (Å²) in [6, 6.07) is 8.54. The minimum Gasteiger partial charge on any atom is -0.490 e. The molecule has 0 aromatic heterocycles. The third kappa shape index (κ3) is 7.73. The smallest absolute Gasteiger partial charge is 0.122 e. The van der Waals surface area contributed by atoms with Crippen LogP contribution in [-0.4, -0.2) is 6.10 Å². The van der Waals surface area contributed by atoms with Crippen molar-refractivity contribution in [2.24, 2.45) is 0 Å². The van der Waals surface area contributed by atoms with E-state index in [2.05, 4.69) is 31.2 Å². The molecule has 0 saturated carbocycles. The Morgan fingerprint density at radius 1 is 0.792 bits per heavy atom. The maximum atomic E-state index is 6.13. The zero-order valence-electron chi connectivity index (χ0n) is 15.9. The van der Waals surface area contributed by atoms with Crippen LogP contribution in [0.25, 0.3) is 0 Å². The number of rotatable bonds is 13. The van der Waals surface area contributed by atoms with Crippen molar-refractivity contribution in [3.05, 3.63) is 29.8 Å². The number of hydrogen-bond acceptors (Lipinski definition) is 1. The number of hydrogen-bond donors (Lipinski definition) is 0. The van der Waals surface area contributed by atoms with Gasteiger partial charge in [0.2, 0.25) is 0 Å². The summed E-state index contributed by atoms with van der Waals surface area (Å²) < 4.78 is 6.13. The summed E-state index contributed by atoms with van der Waals surface area (Å²) in [5, 5.41) is 0. The zero-order valence-corrected chi connectivity index (χ0v) is 15.9. The third-order valence-electron chi connectivity index (χ3n) is 5.38. The molecule has 1 aromatic carbocycles. The Hall–Kier alpha value is -0.980. The molecular weight excluding hydrogens is 292 g/mol. The van der Waals surface area contributed by atoms with Crippen molar-refractivity contribution >= 4 is 0 Å². The molecule has 0 fully saturated rings. The number of fused-ring (bicyclic) bond motifs is 1. The Morgan fingerprint density at radius 3 is 2.04 bits per heavy atom. The molecule has 2 rings (SSSR count). The molecule has 1 aliphatic heterocycles. The molecule has 0 spiro atoms. The Kier molecular flexibility index (Phi) is 9.99. The van der Waals surface area contributed by atoms with Gasteiger partial charge in [-0.25, -0.2) is 0 Å². The minimum atomic E-state index is 0.461. The van der Waals surface area contributed by atoms with E-state index in [4.69, 9.17) is 4.74 Å². The second-order valence-corrected chi connectivity index (χ2v) is 7.56. The molecular formula is C23H38O. The summed E-state index contributed by atoms with van der Waals surface area (Å²) in [6.45, 7) is 2.29. The molecule has 1 heteroatoms. The monoisotopic (exact) mass is 330 g/mol. The average molecular weight is 331 g/mol. The summed E-state index contributed by atoms with van der Waals surface area (Å²) >= 11 is 0. The summed E-state index contributed by atoms with van der Waals surface area (Å²) in [6.07, 6.45) is 21.2.